The van der Waals surface area contributed by atoms with Crippen LogP contribution in [0.3, 0.4) is 0 Å². The molecule has 1 atom stereocenters. The summed E-state index contributed by atoms with van der Waals surface area (Å²) in [5, 5.41) is 7.44. The minimum absolute atomic E-state index is 0.152. The van der Waals surface area contributed by atoms with Crippen molar-refractivity contribution in [2.75, 3.05) is 19.6 Å². The second-order valence-corrected chi connectivity index (χ2v) is 9.47. The van der Waals surface area contributed by atoms with E-state index in [1.54, 1.807) is 0 Å². The van der Waals surface area contributed by atoms with Gasteiger partial charge in [-0.05, 0) is 49.7 Å². The van der Waals surface area contributed by atoms with Crippen molar-refractivity contribution in [3.63, 3.8) is 0 Å². The van der Waals surface area contributed by atoms with E-state index in [2.05, 4.69) is 39.7 Å². The summed E-state index contributed by atoms with van der Waals surface area (Å²) in [6.45, 7) is 3.81. The number of aryl methyl sites for hydroxylation is 1. The Hall–Kier alpha value is -2.34. The molecule has 1 aromatic carbocycles. The number of rotatable bonds is 6. The number of para-hydroxylation sites is 1. The summed E-state index contributed by atoms with van der Waals surface area (Å²) < 4.78 is 8.47. The van der Waals surface area contributed by atoms with Gasteiger partial charge in [-0.2, -0.15) is 5.10 Å². The number of nitrogens with zero attached hydrogens (tertiary/aromatic N) is 3. The smallest absolute Gasteiger partial charge is 0.220 e. The molecule has 2 aliphatic heterocycles. The molecule has 1 N–H and O–H groups in total. The van der Waals surface area contributed by atoms with Crippen LogP contribution in [0, 0.1) is 5.92 Å². The van der Waals surface area contributed by atoms with E-state index in [1.165, 1.54) is 24.0 Å². The van der Waals surface area contributed by atoms with Gasteiger partial charge in [-0.25, -0.2) is 0 Å². The average molecular weight is 409 g/mol. The van der Waals surface area contributed by atoms with Gasteiger partial charge in [0.05, 0.1) is 6.20 Å². The lowest BCUT2D eigenvalue weighted by Crippen LogP contribution is -2.50. The van der Waals surface area contributed by atoms with E-state index >= 15 is 0 Å². The minimum Gasteiger partial charge on any atom is -0.487 e. The molecule has 1 spiro atoms. The third-order valence-electron chi connectivity index (χ3n) is 6.95. The zero-order chi connectivity index (χ0) is 20.6. The molecule has 2 fully saturated rings. The lowest BCUT2D eigenvalue weighted by molar-refractivity contribution is -0.122. The summed E-state index contributed by atoms with van der Waals surface area (Å²) in [7, 11) is 1.96. The number of benzene rings is 1. The predicted octanol–water partition coefficient (Wildman–Crippen LogP) is 3.24. The molecule has 3 heterocycles. The van der Waals surface area contributed by atoms with Gasteiger partial charge in [0.25, 0.3) is 0 Å². The molecule has 2 aromatic rings. The molecule has 1 aromatic heterocycles. The highest BCUT2D eigenvalue weighted by Crippen LogP contribution is 2.46. The van der Waals surface area contributed by atoms with Gasteiger partial charge in [0.1, 0.15) is 11.4 Å². The second-order valence-electron chi connectivity index (χ2n) is 9.47. The molecule has 6 heteroatoms. The normalized spacial score (nSPS) is 23.0. The third kappa shape index (κ3) is 4.38. The second kappa shape index (κ2) is 8.06. The van der Waals surface area contributed by atoms with Gasteiger partial charge >= 0.3 is 0 Å². The van der Waals surface area contributed by atoms with Crippen molar-refractivity contribution in [1.29, 1.82) is 0 Å². The number of piperidine rings is 1. The lowest BCUT2D eigenvalue weighted by atomic mass is 9.76. The van der Waals surface area contributed by atoms with Gasteiger partial charge in [0.15, 0.2) is 0 Å². The Morgan fingerprint density at radius 1 is 1.27 bits per heavy atom. The largest absolute Gasteiger partial charge is 0.487 e. The number of carbonyl (C=O) groups excluding carboxylic acids is 1. The Morgan fingerprint density at radius 3 is 2.80 bits per heavy atom. The Balaban J connectivity index is 1.25. The maximum absolute atomic E-state index is 12.6. The van der Waals surface area contributed by atoms with E-state index in [4.69, 9.17) is 4.74 Å². The molecule has 1 saturated heterocycles. The zero-order valence-electron chi connectivity index (χ0n) is 17.8. The van der Waals surface area contributed by atoms with Crippen LogP contribution in [-0.4, -0.2) is 45.8 Å². The maximum Gasteiger partial charge on any atom is 0.220 e. The molecule has 5 rings (SSSR count). The first kappa shape index (κ1) is 19.6. The highest BCUT2D eigenvalue weighted by atomic mass is 16.5. The van der Waals surface area contributed by atoms with Crippen LogP contribution in [0.25, 0.3) is 0 Å². The Bertz CT molecular complexity index is 896. The van der Waals surface area contributed by atoms with Crippen molar-refractivity contribution in [3.8, 4) is 5.75 Å². The van der Waals surface area contributed by atoms with Gasteiger partial charge in [-0.15, -0.1) is 0 Å². The first-order valence-electron chi connectivity index (χ1n) is 11.3. The van der Waals surface area contributed by atoms with Gasteiger partial charge in [-0.1, -0.05) is 18.2 Å². The number of hydrogen-bond acceptors (Lipinski definition) is 4. The van der Waals surface area contributed by atoms with E-state index in [9.17, 15) is 4.79 Å². The molecule has 0 radical (unpaired) electrons. The molecule has 3 aliphatic rings. The standard InChI is InChI=1S/C24H32N4O2/c1-27-16-19(15-26-27)17-28-10-8-24(9-11-28)13-20(12-23(29)25-14-18-6-7-18)21-4-2-3-5-22(21)30-24/h2-5,15-16,18,20H,6-14,17H2,1H3,(H,25,29). The van der Waals surface area contributed by atoms with Gasteiger partial charge < -0.3 is 10.1 Å². The van der Waals surface area contributed by atoms with Crippen molar-refractivity contribution >= 4 is 5.91 Å². The first-order chi connectivity index (χ1) is 14.6. The first-order valence-corrected chi connectivity index (χ1v) is 11.3. The zero-order valence-corrected chi connectivity index (χ0v) is 17.8. The molecule has 1 amide bonds. The third-order valence-corrected chi connectivity index (χ3v) is 6.95. The number of aromatic nitrogens is 2. The Morgan fingerprint density at radius 2 is 2.07 bits per heavy atom. The van der Waals surface area contributed by atoms with Crippen molar-refractivity contribution in [3.05, 3.63) is 47.8 Å². The molecule has 30 heavy (non-hydrogen) atoms. The number of carbonyl (C=O) groups is 1. The summed E-state index contributed by atoms with van der Waals surface area (Å²) in [6, 6.07) is 8.32. The SMILES string of the molecule is Cn1cc(CN2CCC3(CC2)CC(CC(=O)NCC2CC2)c2ccccc2O3)cn1. The maximum atomic E-state index is 12.6. The molecule has 1 unspecified atom stereocenters. The van der Waals surface area contributed by atoms with Crippen LogP contribution in [0.4, 0.5) is 0 Å². The predicted molar refractivity (Wildman–Crippen MR) is 115 cm³/mol. The quantitative estimate of drug-likeness (QED) is 0.797. The van der Waals surface area contributed by atoms with E-state index in [-0.39, 0.29) is 17.4 Å². The molecule has 6 nitrogen and oxygen atoms in total. The number of amides is 1. The number of hydrogen-bond donors (Lipinski definition) is 1. The fraction of sp³-hybridized carbons (Fsp3) is 0.583. The number of likely N-dealkylation sites (tertiary alicyclic amines) is 1. The molecule has 1 aliphatic carbocycles. The van der Waals surface area contributed by atoms with Crippen molar-refractivity contribution < 1.29 is 9.53 Å². The van der Waals surface area contributed by atoms with E-state index < -0.39 is 0 Å². The van der Waals surface area contributed by atoms with Crippen molar-refractivity contribution in [2.24, 2.45) is 13.0 Å². The van der Waals surface area contributed by atoms with Gasteiger partial charge in [-0.3, -0.25) is 14.4 Å². The Kier molecular flexibility index (Phi) is 5.27. The van der Waals surface area contributed by atoms with Gasteiger partial charge in [0, 0.05) is 57.3 Å². The van der Waals surface area contributed by atoms with Crippen molar-refractivity contribution in [1.82, 2.24) is 20.0 Å². The van der Waals surface area contributed by atoms with Crippen LogP contribution in [0.5, 0.6) is 5.75 Å². The fourth-order valence-electron chi connectivity index (χ4n) is 5.04. The average Bonchev–Trinajstić information content (AvgIpc) is 3.49. The summed E-state index contributed by atoms with van der Waals surface area (Å²) in [5.41, 5.74) is 2.30. The van der Waals surface area contributed by atoms with E-state index in [1.807, 2.05) is 24.0 Å². The monoisotopic (exact) mass is 408 g/mol. The van der Waals surface area contributed by atoms with E-state index in [0.29, 0.717) is 12.3 Å². The molecule has 1 saturated carbocycles. The fourth-order valence-corrected chi connectivity index (χ4v) is 5.04. The summed E-state index contributed by atoms with van der Waals surface area (Å²) >= 11 is 0. The summed E-state index contributed by atoms with van der Waals surface area (Å²) in [6.07, 6.45) is 10.1. The topological polar surface area (TPSA) is 59.4 Å². The van der Waals surface area contributed by atoms with E-state index in [0.717, 1.165) is 51.2 Å². The van der Waals surface area contributed by atoms with Crippen LogP contribution in [0.1, 0.15) is 55.6 Å². The minimum atomic E-state index is -0.152. The highest BCUT2D eigenvalue weighted by molar-refractivity contribution is 5.77. The van der Waals surface area contributed by atoms with Crippen LogP contribution in [0.2, 0.25) is 0 Å². The molecule has 160 valence electrons. The van der Waals surface area contributed by atoms with Crippen LogP contribution >= 0.6 is 0 Å². The number of fused-ring (bicyclic) bond motifs is 1. The van der Waals surface area contributed by atoms with Crippen molar-refractivity contribution in [2.45, 2.75) is 56.6 Å². The highest BCUT2D eigenvalue weighted by Gasteiger charge is 2.43. The van der Waals surface area contributed by atoms with Crippen LogP contribution in [0.15, 0.2) is 36.7 Å². The summed E-state index contributed by atoms with van der Waals surface area (Å²) in [4.78, 5) is 15.1. The number of nitrogens with one attached hydrogen (secondary N) is 1. The lowest BCUT2D eigenvalue weighted by Gasteiger charge is -2.47. The Labute approximate surface area is 178 Å². The summed E-state index contributed by atoms with van der Waals surface area (Å²) in [5.74, 6) is 2.11. The van der Waals surface area contributed by atoms with Crippen LogP contribution in [-0.2, 0) is 18.4 Å². The molecular formula is C24H32N4O2. The molecule has 0 bridgehead atoms. The van der Waals surface area contributed by atoms with Crippen LogP contribution < -0.4 is 10.1 Å². The number of ether oxygens (including phenoxy) is 1. The molecular weight excluding hydrogens is 376 g/mol. The van der Waals surface area contributed by atoms with Gasteiger partial charge in [0.2, 0.25) is 5.91 Å².